The number of aromatic nitrogens is 3. The van der Waals surface area contributed by atoms with Crippen LogP contribution in [0, 0.1) is 0 Å². The number of carboxylic acids is 1. The fourth-order valence-electron chi connectivity index (χ4n) is 1.92. The van der Waals surface area contributed by atoms with Crippen molar-refractivity contribution in [2.75, 3.05) is 0 Å². The summed E-state index contributed by atoms with van der Waals surface area (Å²) in [6.07, 6.45) is 3.64. The molecule has 2 aromatic heterocycles. The van der Waals surface area contributed by atoms with Gasteiger partial charge in [0.05, 0.1) is 17.5 Å². The molecule has 1 atom stereocenters. The van der Waals surface area contributed by atoms with Crippen molar-refractivity contribution in [2.24, 2.45) is 0 Å². The van der Waals surface area contributed by atoms with Crippen LogP contribution in [0.1, 0.15) is 29.9 Å². The largest absolute Gasteiger partial charge is 0.480 e. The highest BCUT2D eigenvalue weighted by Gasteiger charge is 2.21. The summed E-state index contributed by atoms with van der Waals surface area (Å²) in [6, 6.07) is 4.45. The Morgan fingerprint density at radius 3 is 2.76 bits per heavy atom. The van der Waals surface area contributed by atoms with Crippen molar-refractivity contribution in [2.45, 2.75) is 26.3 Å². The normalized spacial score (nSPS) is 11.9. The molecule has 0 saturated heterocycles. The molecule has 2 heterocycles. The molecule has 2 rings (SSSR count). The highest BCUT2D eigenvalue weighted by atomic mass is 16.4. The minimum absolute atomic E-state index is 0.358. The first-order chi connectivity index (χ1) is 10.0. The van der Waals surface area contributed by atoms with Crippen LogP contribution in [-0.4, -0.2) is 37.8 Å². The van der Waals surface area contributed by atoms with E-state index in [1.807, 2.05) is 13.0 Å². The van der Waals surface area contributed by atoms with Crippen LogP contribution in [0.4, 0.5) is 0 Å². The van der Waals surface area contributed by atoms with Crippen molar-refractivity contribution >= 4 is 11.9 Å². The second kappa shape index (κ2) is 6.17. The molecule has 0 aromatic carbocycles. The second-order valence-electron chi connectivity index (χ2n) is 4.49. The minimum Gasteiger partial charge on any atom is -0.480 e. The van der Waals surface area contributed by atoms with Crippen LogP contribution < -0.4 is 5.32 Å². The molecule has 1 unspecified atom stereocenters. The lowest BCUT2D eigenvalue weighted by Crippen LogP contribution is -2.38. The van der Waals surface area contributed by atoms with E-state index in [0.29, 0.717) is 23.5 Å². The summed E-state index contributed by atoms with van der Waals surface area (Å²) < 4.78 is 1.58. The maximum atomic E-state index is 12.1. The fourth-order valence-corrected chi connectivity index (χ4v) is 1.92. The Morgan fingerprint density at radius 2 is 2.19 bits per heavy atom. The molecule has 0 radical (unpaired) electrons. The number of rotatable bonds is 5. The number of carbonyl (C=O) groups is 2. The van der Waals surface area contributed by atoms with Gasteiger partial charge in [-0.25, -0.2) is 9.67 Å². The van der Waals surface area contributed by atoms with E-state index in [0.717, 1.165) is 0 Å². The molecule has 110 valence electrons. The van der Waals surface area contributed by atoms with Gasteiger partial charge >= 0.3 is 5.97 Å². The number of nitrogens with zero attached hydrogens (tertiary/aromatic N) is 3. The first-order valence-corrected chi connectivity index (χ1v) is 6.56. The molecule has 0 bridgehead atoms. The number of pyridine rings is 1. The van der Waals surface area contributed by atoms with Crippen molar-refractivity contribution in [3.63, 3.8) is 0 Å². The van der Waals surface area contributed by atoms with Gasteiger partial charge in [-0.3, -0.25) is 9.59 Å². The molecule has 7 nitrogen and oxygen atoms in total. The minimum atomic E-state index is -1.08. The van der Waals surface area contributed by atoms with Gasteiger partial charge in [-0.2, -0.15) is 5.10 Å². The van der Waals surface area contributed by atoms with Crippen LogP contribution in [-0.2, 0) is 11.2 Å². The topological polar surface area (TPSA) is 97.1 Å². The van der Waals surface area contributed by atoms with Gasteiger partial charge < -0.3 is 10.4 Å². The molecule has 0 aliphatic rings. The first kappa shape index (κ1) is 14.7. The predicted octanol–water partition coefficient (Wildman–Crippen LogP) is 1.03. The van der Waals surface area contributed by atoms with E-state index in [2.05, 4.69) is 15.4 Å². The van der Waals surface area contributed by atoms with E-state index in [4.69, 9.17) is 5.11 Å². The highest BCUT2D eigenvalue weighted by molar-refractivity contribution is 5.97. The summed E-state index contributed by atoms with van der Waals surface area (Å²) in [5, 5.41) is 15.4. The first-order valence-electron chi connectivity index (χ1n) is 6.56. The second-order valence-corrected chi connectivity index (χ2v) is 4.49. The molecule has 0 aliphatic heterocycles. The van der Waals surface area contributed by atoms with Crippen LogP contribution in [0.25, 0.3) is 5.82 Å². The molecule has 0 aliphatic carbocycles. The Morgan fingerprint density at radius 1 is 1.43 bits per heavy atom. The summed E-state index contributed by atoms with van der Waals surface area (Å²) >= 11 is 0. The van der Waals surface area contributed by atoms with Crippen LogP contribution >= 0.6 is 0 Å². The molecule has 1 amide bonds. The average Bonchev–Trinajstić information content (AvgIpc) is 2.91. The molecule has 2 aromatic rings. The van der Waals surface area contributed by atoms with E-state index in [-0.39, 0.29) is 0 Å². The summed E-state index contributed by atoms with van der Waals surface area (Å²) in [4.78, 5) is 27.1. The summed E-state index contributed by atoms with van der Waals surface area (Å²) in [7, 11) is 0. The molecular formula is C14H16N4O3. The summed E-state index contributed by atoms with van der Waals surface area (Å²) in [6.45, 7) is 3.31. The van der Waals surface area contributed by atoms with Gasteiger partial charge in [-0.05, 0) is 25.5 Å². The van der Waals surface area contributed by atoms with Gasteiger partial charge in [0.15, 0.2) is 5.82 Å². The van der Waals surface area contributed by atoms with Crippen LogP contribution in [0.5, 0.6) is 0 Å². The zero-order chi connectivity index (χ0) is 15.4. The average molecular weight is 288 g/mol. The number of amides is 1. The van der Waals surface area contributed by atoms with Crippen molar-refractivity contribution in [3.8, 4) is 5.82 Å². The standard InChI is InChI=1S/C14H16N4O3/c1-3-11-10(13(19)17-9(2)14(20)21)8-16-18(11)12-6-4-5-7-15-12/h4-9H,3H2,1-2H3,(H,17,19)(H,20,21). The summed E-state index contributed by atoms with van der Waals surface area (Å²) in [5.74, 6) is -0.929. The van der Waals surface area contributed by atoms with E-state index < -0.39 is 17.9 Å². The van der Waals surface area contributed by atoms with Crippen LogP contribution in [0.3, 0.4) is 0 Å². The lowest BCUT2D eigenvalue weighted by Gasteiger charge is -2.10. The van der Waals surface area contributed by atoms with Gasteiger partial charge in [0.1, 0.15) is 6.04 Å². The molecule has 0 saturated carbocycles. The number of hydrogen-bond acceptors (Lipinski definition) is 4. The Balaban J connectivity index is 2.32. The molecule has 0 fully saturated rings. The Bertz CT molecular complexity index is 651. The smallest absolute Gasteiger partial charge is 0.325 e. The number of nitrogens with one attached hydrogen (secondary N) is 1. The fraction of sp³-hybridized carbons (Fsp3) is 0.286. The highest BCUT2D eigenvalue weighted by Crippen LogP contribution is 2.14. The third-order valence-electron chi connectivity index (χ3n) is 3.03. The van der Waals surface area contributed by atoms with Crippen molar-refractivity contribution < 1.29 is 14.7 Å². The number of hydrogen-bond donors (Lipinski definition) is 2. The zero-order valence-electron chi connectivity index (χ0n) is 11.8. The van der Waals surface area contributed by atoms with E-state index in [1.54, 1.807) is 23.0 Å². The van der Waals surface area contributed by atoms with Gasteiger partial charge in [-0.15, -0.1) is 0 Å². The molecule has 0 spiro atoms. The van der Waals surface area contributed by atoms with Crippen LogP contribution in [0.2, 0.25) is 0 Å². The number of carboxylic acid groups (broad SMARTS) is 1. The van der Waals surface area contributed by atoms with E-state index >= 15 is 0 Å². The lowest BCUT2D eigenvalue weighted by molar-refractivity contribution is -0.138. The SMILES string of the molecule is CCc1c(C(=O)NC(C)C(=O)O)cnn1-c1ccccn1. The maximum Gasteiger partial charge on any atom is 0.325 e. The monoisotopic (exact) mass is 288 g/mol. The Kier molecular flexibility index (Phi) is 4.32. The Hall–Kier alpha value is -2.70. The molecule has 7 heteroatoms. The Labute approximate surface area is 121 Å². The molecule has 21 heavy (non-hydrogen) atoms. The third kappa shape index (κ3) is 3.07. The third-order valence-corrected chi connectivity index (χ3v) is 3.03. The summed E-state index contributed by atoms with van der Waals surface area (Å²) in [5.41, 5.74) is 1.04. The van der Waals surface area contributed by atoms with E-state index in [1.165, 1.54) is 13.1 Å². The van der Waals surface area contributed by atoms with Crippen molar-refractivity contribution in [1.29, 1.82) is 0 Å². The van der Waals surface area contributed by atoms with Crippen LogP contribution in [0.15, 0.2) is 30.6 Å². The lowest BCUT2D eigenvalue weighted by atomic mass is 10.2. The maximum absolute atomic E-state index is 12.1. The molecular weight excluding hydrogens is 272 g/mol. The predicted molar refractivity (Wildman–Crippen MR) is 75.3 cm³/mol. The zero-order valence-corrected chi connectivity index (χ0v) is 11.8. The van der Waals surface area contributed by atoms with Crippen molar-refractivity contribution in [1.82, 2.24) is 20.1 Å². The van der Waals surface area contributed by atoms with Gasteiger partial charge in [0.2, 0.25) is 0 Å². The van der Waals surface area contributed by atoms with Gasteiger partial charge in [-0.1, -0.05) is 13.0 Å². The van der Waals surface area contributed by atoms with Gasteiger partial charge in [0, 0.05) is 6.20 Å². The number of aliphatic carboxylic acids is 1. The van der Waals surface area contributed by atoms with Crippen molar-refractivity contribution in [3.05, 3.63) is 41.9 Å². The van der Waals surface area contributed by atoms with Gasteiger partial charge in [0.25, 0.3) is 5.91 Å². The quantitative estimate of drug-likeness (QED) is 0.856. The number of carbonyl (C=O) groups excluding carboxylic acids is 1. The van der Waals surface area contributed by atoms with E-state index in [9.17, 15) is 9.59 Å². The molecule has 2 N–H and O–H groups in total.